The van der Waals surface area contributed by atoms with Gasteiger partial charge in [0.25, 0.3) is 0 Å². The third-order valence-electron chi connectivity index (χ3n) is 4.12. The molecule has 2 aromatic heterocycles. The first-order valence-electron chi connectivity index (χ1n) is 8.61. The molecule has 0 saturated carbocycles. The molecule has 3 aromatic rings. The van der Waals surface area contributed by atoms with Crippen LogP contribution >= 0.6 is 0 Å². The van der Waals surface area contributed by atoms with Crippen LogP contribution in [0.25, 0.3) is 0 Å². The number of halogens is 1. The zero-order valence-corrected chi connectivity index (χ0v) is 15.6. The molecule has 1 N–H and O–H groups in total. The van der Waals surface area contributed by atoms with E-state index in [1.54, 1.807) is 36.1 Å². The number of carbonyl (C=O) groups excluding carboxylic acids is 1. The maximum absolute atomic E-state index is 13.6. The van der Waals surface area contributed by atoms with E-state index in [0.717, 1.165) is 16.9 Å². The fraction of sp³-hybridized carbons (Fsp3) is 0.250. The normalized spacial score (nSPS) is 10.7. The van der Waals surface area contributed by atoms with E-state index in [1.807, 2.05) is 37.2 Å². The first-order chi connectivity index (χ1) is 12.9. The van der Waals surface area contributed by atoms with E-state index >= 15 is 0 Å². The molecular weight excluding hydrogens is 345 g/mol. The third-order valence-corrected chi connectivity index (χ3v) is 4.12. The summed E-state index contributed by atoms with van der Waals surface area (Å²) in [6.45, 7) is 2.16. The van der Waals surface area contributed by atoms with Crippen molar-refractivity contribution in [1.29, 1.82) is 0 Å². The molecule has 0 spiro atoms. The Morgan fingerprint density at radius 1 is 1.19 bits per heavy atom. The quantitative estimate of drug-likeness (QED) is 0.727. The lowest BCUT2D eigenvalue weighted by Gasteiger charge is -2.11. The number of amides is 1. The van der Waals surface area contributed by atoms with Gasteiger partial charge in [0.1, 0.15) is 11.6 Å². The summed E-state index contributed by atoms with van der Waals surface area (Å²) in [5.74, 6) is 0.902. The van der Waals surface area contributed by atoms with Crippen LogP contribution in [0.1, 0.15) is 16.7 Å². The molecule has 0 bridgehead atoms. The van der Waals surface area contributed by atoms with Gasteiger partial charge in [-0.05, 0) is 35.7 Å². The Morgan fingerprint density at radius 3 is 2.63 bits per heavy atom. The minimum Gasteiger partial charge on any atom is -0.363 e. The molecular formula is C20H22FN5O. The molecule has 0 aliphatic rings. The summed E-state index contributed by atoms with van der Waals surface area (Å²) >= 11 is 0. The number of hydrogen-bond donors (Lipinski definition) is 1. The van der Waals surface area contributed by atoms with Gasteiger partial charge in [0.15, 0.2) is 5.82 Å². The maximum atomic E-state index is 13.6. The van der Waals surface area contributed by atoms with Crippen LogP contribution in [0.15, 0.2) is 48.8 Å². The van der Waals surface area contributed by atoms with Crippen molar-refractivity contribution in [3.63, 3.8) is 0 Å². The van der Waals surface area contributed by atoms with E-state index in [1.165, 1.54) is 6.07 Å². The van der Waals surface area contributed by atoms with Crippen molar-refractivity contribution in [3.8, 4) is 0 Å². The van der Waals surface area contributed by atoms with E-state index in [2.05, 4.69) is 15.4 Å². The summed E-state index contributed by atoms with van der Waals surface area (Å²) in [6.07, 6.45) is 3.66. The topological polar surface area (TPSA) is 63.1 Å². The van der Waals surface area contributed by atoms with Gasteiger partial charge in [-0.2, -0.15) is 5.10 Å². The summed E-state index contributed by atoms with van der Waals surface area (Å²) in [5, 5.41) is 7.09. The molecule has 0 atom stereocenters. The monoisotopic (exact) mass is 367 g/mol. The summed E-state index contributed by atoms with van der Waals surface area (Å²) in [5.41, 5.74) is 2.25. The molecule has 3 rings (SSSR count). The van der Waals surface area contributed by atoms with Crippen molar-refractivity contribution in [1.82, 2.24) is 14.8 Å². The van der Waals surface area contributed by atoms with E-state index < -0.39 is 0 Å². The van der Waals surface area contributed by atoms with Gasteiger partial charge in [-0.15, -0.1) is 0 Å². The van der Waals surface area contributed by atoms with E-state index in [0.29, 0.717) is 17.9 Å². The fourth-order valence-corrected chi connectivity index (χ4v) is 2.60. The van der Waals surface area contributed by atoms with Crippen LogP contribution < -0.4 is 10.2 Å². The van der Waals surface area contributed by atoms with E-state index in [-0.39, 0.29) is 18.1 Å². The van der Waals surface area contributed by atoms with Crippen LogP contribution in [-0.2, 0) is 17.8 Å². The molecule has 1 aromatic carbocycles. The Bertz CT molecular complexity index is 934. The SMILES string of the molecule is Cc1ccc(Cn2ccc(NC(=O)Cc3ccc(N(C)C)nc3)n2)cc1F. The fourth-order valence-electron chi connectivity index (χ4n) is 2.60. The molecule has 0 fully saturated rings. The molecule has 6 nitrogen and oxygen atoms in total. The van der Waals surface area contributed by atoms with Crippen molar-refractivity contribution in [2.45, 2.75) is 19.9 Å². The zero-order valence-electron chi connectivity index (χ0n) is 15.6. The Kier molecular flexibility index (Phi) is 5.49. The summed E-state index contributed by atoms with van der Waals surface area (Å²) in [7, 11) is 3.83. The Balaban J connectivity index is 1.58. The lowest BCUT2D eigenvalue weighted by molar-refractivity contribution is -0.115. The average Bonchev–Trinajstić information content (AvgIpc) is 3.05. The highest BCUT2D eigenvalue weighted by molar-refractivity contribution is 5.91. The standard InChI is InChI=1S/C20H22FN5O/c1-14-4-5-16(10-17(14)21)13-26-9-8-18(24-26)23-20(27)11-15-6-7-19(22-12-15)25(2)3/h4-10,12H,11,13H2,1-3H3,(H,23,24,27). The number of nitrogens with zero attached hydrogens (tertiary/aromatic N) is 4. The first-order valence-corrected chi connectivity index (χ1v) is 8.61. The van der Waals surface area contributed by atoms with Crippen LogP contribution in [0.2, 0.25) is 0 Å². The number of carbonyl (C=O) groups is 1. The lowest BCUT2D eigenvalue weighted by Crippen LogP contribution is -2.16. The Morgan fingerprint density at radius 2 is 1.96 bits per heavy atom. The summed E-state index contributed by atoms with van der Waals surface area (Å²) in [6, 6.07) is 10.6. The molecule has 0 aliphatic carbocycles. The zero-order chi connectivity index (χ0) is 19.4. The van der Waals surface area contributed by atoms with Gasteiger partial charge in [-0.1, -0.05) is 18.2 Å². The third kappa shape index (κ3) is 4.91. The number of pyridine rings is 1. The number of benzene rings is 1. The minimum absolute atomic E-state index is 0.166. The lowest BCUT2D eigenvalue weighted by atomic mass is 10.1. The van der Waals surface area contributed by atoms with E-state index in [9.17, 15) is 9.18 Å². The Labute approximate surface area is 157 Å². The second kappa shape index (κ2) is 7.99. The van der Waals surface area contributed by atoms with Crippen molar-refractivity contribution in [3.05, 3.63) is 71.3 Å². The molecule has 140 valence electrons. The van der Waals surface area contributed by atoms with Crippen LogP contribution in [0, 0.1) is 12.7 Å². The number of aryl methyl sites for hydroxylation is 1. The number of aromatic nitrogens is 3. The van der Waals surface area contributed by atoms with Crippen molar-refractivity contribution in [2.75, 3.05) is 24.3 Å². The molecule has 27 heavy (non-hydrogen) atoms. The average molecular weight is 367 g/mol. The highest BCUT2D eigenvalue weighted by atomic mass is 19.1. The molecule has 0 aliphatic heterocycles. The molecule has 0 saturated heterocycles. The van der Waals surface area contributed by atoms with Crippen molar-refractivity contribution in [2.24, 2.45) is 0 Å². The maximum Gasteiger partial charge on any atom is 0.230 e. The van der Waals surface area contributed by atoms with Crippen LogP contribution in [-0.4, -0.2) is 34.8 Å². The van der Waals surface area contributed by atoms with Gasteiger partial charge in [0, 0.05) is 32.6 Å². The predicted molar refractivity (Wildman–Crippen MR) is 103 cm³/mol. The van der Waals surface area contributed by atoms with Gasteiger partial charge in [-0.25, -0.2) is 9.37 Å². The van der Waals surface area contributed by atoms with Gasteiger partial charge in [-0.3, -0.25) is 9.48 Å². The number of anilines is 2. The summed E-state index contributed by atoms with van der Waals surface area (Å²) in [4.78, 5) is 18.4. The first kappa shape index (κ1) is 18.6. The van der Waals surface area contributed by atoms with Gasteiger partial charge >= 0.3 is 0 Å². The van der Waals surface area contributed by atoms with Crippen LogP contribution in [0.5, 0.6) is 0 Å². The van der Waals surface area contributed by atoms with Crippen LogP contribution in [0.4, 0.5) is 16.0 Å². The Hall–Kier alpha value is -3.22. The number of rotatable bonds is 6. The van der Waals surface area contributed by atoms with Crippen molar-refractivity contribution < 1.29 is 9.18 Å². The highest BCUT2D eigenvalue weighted by Crippen LogP contribution is 2.12. The van der Waals surface area contributed by atoms with Gasteiger partial charge in [0.2, 0.25) is 5.91 Å². The molecule has 2 heterocycles. The molecule has 0 unspecified atom stereocenters. The molecule has 7 heteroatoms. The van der Waals surface area contributed by atoms with Crippen LogP contribution in [0.3, 0.4) is 0 Å². The second-order valence-electron chi connectivity index (χ2n) is 6.63. The highest BCUT2D eigenvalue weighted by Gasteiger charge is 2.08. The van der Waals surface area contributed by atoms with Crippen molar-refractivity contribution >= 4 is 17.5 Å². The number of nitrogens with one attached hydrogen (secondary N) is 1. The van der Waals surface area contributed by atoms with Gasteiger partial charge < -0.3 is 10.2 Å². The summed E-state index contributed by atoms with van der Waals surface area (Å²) < 4.78 is 15.3. The second-order valence-corrected chi connectivity index (χ2v) is 6.63. The molecule has 1 amide bonds. The smallest absolute Gasteiger partial charge is 0.230 e. The number of hydrogen-bond acceptors (Lipinski definition) is 4. The largest absolute Gasteiger partial charge is 0.363 e. The predicted octanol–water partition coefficient (Wildman–Crippen LogP) is 3.02. The molecule has 0 radical (unpaired) electrons. The minimum atomic E-state index is -0.234. The van der Waals surface area contributed by atoms with E-state index in [4.69, 9.17) is 0 Å². The van der Waals surface area contributed by atoms with Gasteiger partial charge in [0.05, 0.1) is 13.0 Å².